The van der Waals surface area contributed by atoms with Gasteiger partial charge in [0.2, 0.25) is 0 Å². The van der Waals surface area contributed by atoms with E-state index in [1.54, 1.807) is 21.0 Å². The molecule has 4 heteroatoms. The van der Waals surface area contributed by atoms with Crippen molar-refractivity contribution in [3.8, 4) is 5.75 Å². The molecule has 0 atom stereocenters. The molecule has 2 rings (SSSR count). The maximum absolute atomic E-state index is 11.3. The molecule has 1 aromatic heterocycles. The summed E-state index contributed by atoms with van der Waals surface area (Å²) < 4.78 is 7.41. The Balaban J connectivity index is 2.54. The second kappa shape index (κ2) is 5.19. The first-order valence-corrected chi connectivity index (χ1v) is 6.78. The predicted octanol–water partition coefficient (Wildman–Crippen LogP) is 3.32. The number of carboxylic acid groups (broad SMARTS) is 1. The highest BCUT2D eigenvalue weighted by Gasteiger charge is 2.28. The molecule has 108 valence electrons. The molecule has 1 aromatic carbocycles. The summed E-state index contributed by atoms with van der Waals surface area (Å²) in [4.78, 5) is 11.3. The zero-order chi connectivity index (χ0) is 14.9. The Bertz CT molecular complexity index is 640. The Morgan fingerprint density at radius 3 is 2.65 bits per heavy atom. The topological polar surface area (TPSA) is 51.5 Å². The molecule has 0 aliphatic carbocycles. The number of carbonyl (C=O) groups is 1. The van der Waals surface area contributed by atoms with Crippen LogP contribution in [0.3, 0.4) is 0 Å². The quantitative estimate of drug-likeness (QED) is 0.910. The third-order valence-corrected chi connectivity index (χ3v) is 3.72. The Morgan fingerprint density at radius 1 is 1.40 bits per heavy atom. The van der Waals surface area contributed by atoms with Gasteiger partial charge in [-0.3, -0.25) is 4.79 Å². The number of aliphatic carboxylic acids is 1. The van der Waals surface area contributed by atoms with Gasteiger partial charge in [-0.2, -0.15) is 0 Å². The van der Waals surface area contributed by atoms with E-state index in [4.69, 9.17) is 4.74 Å². The molecule has 1 heterocycles. The van der Waals surface area contributed by atoms with Gasteiger partial charge in [-0.05, 0) is 51.0 Å². The molecule has 0 fully saturated rings. The maximum atomic E-state index is 11.3. The van der Waals surface area contributed by atoms with Crippen molar-refractivity contribution < 1.29 is 14.6 Å². The summed E-state index contributed by atoms with van der Waals surface area (Å²) in [5.41, 5.74) is 1.38. The lowest BCUT2D eigenvalue weighted by Crippen LogP contribution is -2.26. The van der Waals surface area contributed by atoms with Crippen molar-refractivity contribution in [2.24, 2.45) is 5.41 Å². The lowest BCUT2D eigenvalue weighted by molar-refractivity contribution is -0.146. The summed E-state index contributed by atoms with van der Waals surface area (Å²) in [5.74, 6) is 0.0125. The van der Waals surface area contributed by atoms with Gasteiger partial charge in [0.15, 0.2) is 0 Å². The number of aryl methyl sites for hydroxylation is 1. The van der Waals surface area contributed by atoms with Crippen molar-refractivity contribution in [3.63, 3.8) is 0 Å². The van der Waals surface area contributed by atoms with Gasteiger partial charge in [0.1, 0.15) is 5.75 Å². The third kappa shape index (κ3) is 2.50. The maximum Gasteiger partial charge on any atom is 0.309 e. The summed E-state index contributed by atoms with van der Waals surface area (Å²) in [6.07, 6.45) is 2.55. The average molecular weight is 275 g/mol. The van der Waals surface area contributed by atoms with E-state index < -0.39 is 11.4 Å². The van der Waals surface area contributed by atoms with Gasteiger partial charge in [0, 0.05) is 23.6 Å². The van der Waals surface area contributed by atoms with Crippen molar-refractivity contribution in [3.05, 3.63) is 30.0 Å². The second-order valence-corrected chi connectivity index (χ2v) is 5.69. The highest BCUT2D eigenvalue weighted by atomic mass is 16.5. The van der Waals surface area contributed by atoms with Gasteiger partial charge in [0.05, 0.1) is 12.5 Å². The minimum Gasteiger partial charge on any atom is -0.497 e. The molecule has 0 bridgehead atoms. The first kappa shape index (κ1) is 14.4. The van der Waals surface area contributed by atoms with E-state index in [9.17, 15) is 9.90 Å². The molecule has 2 aromatic rings. The van der Waals surface area contributed by atoms with Crippen molar-refractivity contribution in [2.75, 3.05) is 7.11 Å². The van der Waals surface area contributed by atoms with Gasteiger partial charge in [-0.15, -0.1) is 0 Å². The Labute approximate surface area is 119 Å². The number of fused-ring (bicyclic) bond motifs is 1. The van der Waals surface area contributed by atoms with Crippen LogP contribution < -0.4 is 4.74 Å². The van der Waals surface area contributed by atoms with Crippen molar-refractivity contribution in [2.45, 2.75) is 33.7 Å². The predicted molar refractivity (Wildman–Crippen MR) is 79.3 cm³/mol. The Kier molecular flexibility index (Phi) is 3.75. The first-order valence-electron chi connectivity index (χ1n) is 6.78. The van der Waals surface area contributed by atoms with Gasteiger partial charge >= 0.3 is 5.97 Å². The minimum absolute atomic E-state index is 0.499. The third-order valence-electron chi connectivity index (χ3n) is 3.72. The van der Waals surface area contributed by atoms with Crippen LogP contribution in [0.25, 0.3) is 10.9 Å². The monoisotopic (exact) mass is 275 g/mol. The van der Waals surface area contributed by atoms with Gasteiger partial charge in [-0.25, -0.2) is 0 Å². The highest BCUT2D eigenvalue weighted by molar-refractivity contribution is 5.86. The number of hydrogen-bond donors (Lipinski definition) is 1. The Morgan fingerprint density at radius 2 is 2.10 bits per heavy atom. The number of methoxy groups -OCH3 is 1. The molecule has 4 nitrogen and oxygen atoms in total. The second-order valence-electron chi connectivity index (χ2n) is 5.69. The number of aromatic nitrogens is 1. The highest BCUT2D eigenvalue weighted by Crippen LogP contribution is 2.31. The molecule has 20 heavy (non-hydrogen) atoms. The molecular formula is C16H21NO3. The average Bonchev–Trinajstić information content (AvgIpc) is 2.75. The number of ether oxygens (including phenoxy) is 1. The summed E-state index contributed by atoms with van der Waals surface area (Å²) in [6, 6.07) is 5.93. The summed E-state index contributed by atoms with van der Waals surface area (Å²) in [5, 5.41) is 10.4. The van der Waals surface area contributed by atoms with E-state index in [0.717, 1.165) is 28.8 Å². The van der Waals surface area contributed by atoms with Gasteiger partial charge < -0.3 is 14.4 Å². The van der Waals surface area contributed by atoms with Crippen molar-refractivity contribution in [1.29, 1.82) is 0 Å². The molecule has 1 N–H and O–H groups in total. The first-order chi connectivity index (χ1) is 9.39. The van der Waals surface area contributed by atoms with E-state index in [0.29, 0.717) is 6.42 Å². The summed E-state index contributed by atoms with van der Waals surface area (Å²) in [6.45, 7) is 6.45. The molecule has 0 aliphatic rings. The van der Waals surface area contributed by atoms with Crippen LogP contribution in [0.2, 0.25) is 0 Å². The number of rotatable bonds is 5. The van der Waals surface area contributed by atoms with Crippen LogP contribution in [0.15, 0.2) is 24.4 Å². The largest absolute Gasteiger partial charge is 0.497 e. The number of hydrogen-bond acceptors (Lipinski definition) is 2. The van der Waals surface area contributed by atoms with E-state index in [-0.39, 0.29) is 0 Å². The molecule has 0 unspecified atom stereocenters. The smallest absolute Gasteiger partial charge is 0.309 e. The molecule has 0 aliphatic heterocycles. The molecule has 0 spiro atoms. The van der Waals surface area contributed by atoms with E-state index in [2.05, 4.69) is 17.7 Å². The minimum atomic E-state index is -0.782. The lowest BCUT2D eigenvalue weighted by atomic mass is 9.86. The zero-order valence-corrected chi connectivity index (χ0v) is 12.4. The molecule has 0 radical (unpaired) electrons. The molecular weight excluding hydrogens is 254 g/mol. The van der Waals surface area contributed by atoms with Gasteiger partial charge in [-0.1, -0.05) is 0 Å². The molecule has 0 amide bonds. The van der Waals surface area contributed by atoms with Crippen LogP contribution in [0, 0.1) is 5.41 Å². The molecule has 0 saturated heterocycles. The number of carboxylic acids is 1. The van der Waals surface area contributed by atoms with Crippen molar-refractivity contribution in [1.82, 2.24) is 4.57 Å². The summed E-state index contributed by atoms with van der Waals surface area (Å²) in [7, 11) is 1.64. The van der Waals surface area contributed by atoms with Crippen LogP contribution in [-0.2, 0) is 17.8 Å². The number of benzene rings is 1. The SMILES string of the molecule is CCn1cc(CC(C)(C)C(=O)O)c2cc(OC)ccc21. The van der Waals surface area contributed by atoms with Crippen LogP contribution in [0.5, 0.6) is 5.75 Å². The summed E-state index contributed by atoms with van der Waals surface area (Å²) >= 11 is 0. The zero-order valence-electron chi connectivity index (χ0n) is 12.4. The van der Waals surface area contributed by atoms with Crippen molar-refractivity contribution >= 4 is 16.9 Å². The van der Waals surface area contributed by atoms with E-state index >= 15 is 0 Å². The standard InChI is InChI=1S/C16H21NO3/c1-5-17-10-11(9-16(2,3)15(18)19)13-8-12(20-4)6-7-14(13)17/h6-8,10H,5,9H2,1-4H3,(H,18,19). The van der Waals surface area contributed by atoms with E-state index in [1.807, 2.05) is 18.2 Å². The normalized spacial score (nSPS) is 11.8. The fourth-order valence-corrected chi connectivity index (χ4v) is 2.43. The fraction of sp³-hybridized carbons (Fsp3) is 0.438. The van der Waals surface area contributed by atoms with E-state index in [1.165, 1.54) is 0 Å². The van der Waals surface area contributed by atoms with Crippen LogP contribution in [0.4, 0.5) is 0 Å². The lowest BCUT2D eigenvalue weighted by Gasteiger charge is -2.18. The van der Waals surface area contributed by atoms with Gasteiger partial charge in [0.25, 0.3) is 0 Å². The van der Waals surface area contributed by atoms with Crippen LogP contribution >= 0.6 is 0 Å². The van der Waals surface area contributed by atoms with Crippen LogP contribution in [0.1, 0.15) is 26.3 Å². The Hall–Kier alpha value is -1.97. The van der Waals surface area contributed by atoms with Crippen LogP contribution in [-0.4, -0.2) is 22.8 Å². The number of nitrogens with zero attached hydrogens (tertiary/aromatic N) is 1. The fourth-order valence-electron chi connectivity index (χ4n) is 2.43. The molecule has 0 saturated carbocycles.